The summed E-state index contributed by atoms with van der Waals surface area (Å²) in [5.74, 6) is -4.29. The Balaban J connectivity index is 1.36. The molecular weight excluding hydrogens is 817 g/mol. The number of hydrogen-bond acceptors (Lipinski definition) is 14. The Kier molecular flexibility index (Phi) is 14.9. The van der Waals surface area contributed by atoms with Crippen molar-refractivity contribution in [2.45, 2.75) is 45.7 Å². The van der Waals surface area contributed by atoms with Crippen LogP contribution in [-0.4, -0.2) is 90.8 Å². The summed E-state index contributed by atoms with van der Waals surface area (Å²) in [5.41, 5.74) is 3.90. The van der Waals surface area contributed by atoms with E-state index in [0.29, 0.717) is 52.0 Å². The molecule has 18 heteroatoms. The van der Waals surface area contributed by atoms with Crippen LogP contribution in [0.5, 0.6) is 5.75 Å². The molecule has 17 nitrogen and oxygen atoms in total. The normalized spacial score (nSPS) is 10.9. The highest BCUT2D eigenvalue weighted by Gasteiger charge is 2.19. The largest absolute Gasteiger partial charge is 0.493 e. The Morgan fingerprint density at radius 1 is 0.516 bits per heavy atom. The van der Waals surface area contributed by atoms with E-state index in [-0.39, 0.29) is 68.7 Å². The van der Waals surface area contributed by atoms with Gasteiger partial charge in [-0.15, -0.1) is 0 Å². The van der Waals surface area contributed by atoms with Crippen LogP contribution in [0.1, 0.15) is 81.7 Å². The lowest BCUT2D eigenvalue weighted by Crippen LogP contribution is -2.26. The maximum atomic E-state index is 11.8. The van der Waals surface area contributed by atoms with E-state index in [9.17, 15) is 39.6 Å². The van der Waals surface area contributed by atoms with Gasteiger partial charge in [-0.25, -0.2) is 39.1 Å². The first-order valence-corrected chi connectivity index (χ1v) is 19.3. The smallest absolute Gasteiger partial charge is 0.354 e. The minimum absolute atomic E-state index is 0.134. The number of pyridine rings is 5. The number of ether oxygens (including phenoxy) is 1. The molecule has 5 aromatic heterocycles. The molecule has 0 saturated heterocycles. The van der Waals surface area contributed by atoms with Crippen molar-refractivity contribution in [1.82, 2.24) is 34.7 Å². The van der Waals surface area contributed by atoms with E-state index in [1.165, 1.54) is 24.3 Å². The molecule has 314 valence electrons. The number of aromatic carboxylic acids is 4. The number of aliphatic imine (C=N–C) groups is 1. The van der Waals surface area contributed by atoms with E-state index in [0.717, 1.165) is 5.56 Å². The maximum Gasteiger partial charge on any atom is 0.354 e. The molecule has 1 aromatic carbocycles. The third kappa shape index (κ3) is 12.9. The highest BCUT2D eigenvalue weighted by molar-refractivity contribution is 7.78. The van der Waals surface area contributed by atoms with Crippen molar-refractivity contribution >= 4 is 46.9 Å². The van der Waals surface area contributed by atoms with E-state index >= 15 is 0 Å². The van der Waals surface area contributed by atoms with Crippen molar-refractivity contribution in [3.8, 4) is 5.75 Å². The van der Waals surface area contributed by atoms with Gasteiger partial charge >= 0.3 is 23.9 Å². The van der Waals surface area contributed by atoms with Gasteiger partial charge in [0, 0.05) is 57.8 Å². The maximum absolute atomic E-state index is 11.8. The monoisotopic (exact) mass is 854 g/mol. The van der Waals surface area contributed by atoms with Crippen molar-refractivity contribution in [3.05, 3.63) is 172 Å². The molecule has 4 N–H and O–H groups in total. The first kappa shape index (κ1) is 43.9. The van der Waals surface area contributed by atoms with E-state index in [2.05, 4.69) is 30.1 Å². The van der Waals surface area contributed by atoms with Gasteiger partial charge in [0.05, 0.1) is 51.6 Å². The zero-order valence-electron chi connectivity index (χ0n) is 32.9. The van der Waals surface area contributed by atoms with Gasteiger partial charge in [0.1, 0.15) is 28.5 Å². The molecular formula is C44H38N8O9S. The second kappa shape index (κ2) is 21.1. The average Bonchev–Trinajstić information content (AvgIpc) is 3.24. The van der Waals surface area contributed by atoms with Crippen LogP contribution in [-0.2, 0) is 45.7 Å². The summed E-state index contributed by atoms with van der Waals surface area (Å²) >= 11 is 4.71. The van der Waals surface area contributed by atoms with Crippen molar-refractivity contribution in [2.24, 2.45) is 4.99 Å². The standard InChI is InChI=1S/C44H38N8O9S/c53-41(54)37-9-1-5-30(47-37)21-51(22-31-6-2-10-38(48-31)42(55)56)25-34-19-36(61-18-17-28-13-15-29(16-14-28)45-27-62)20-35(46-34)26-52(23-32-7-3-11-39(49-32)43(57)58)24-33-8-4-12-40(50-33)44(59)60/h1-16,19-20H,17-18,21-26H2,(H,53,54)(H,55,56)(H,57,58)(H,59,60). The Bertz CT molecular complexity index is 2380. The third-order valence-electron chi connectivity index (χ3n) is 9.09. The fourth-order valence-electron chi connectivity index (χ4n) is 6.40. The minimum atomic E-state index is -1.19. The van der Waals surface area contributed by atoms with Gasteiger partial charge in [0.2, 0.25) is 0 Å². The molecule has 0 spiro atoms. The second-order valence-corrected chi connectivity index (χ2v) is 14.0. The number of carboxylic acids is 4. The highest BCUT2D eigenvalue weighted by Crippen LogP contribution is 2.22. The number of thiocarbonyl (C=S) groups is 1. The number of benzene rings is 1. The van der Waals surface area contributed by atoms with Crippen molar-refractivity contribution < 1.29 is 44.3 Å². The van der Waals surface area contributed by atoms with Crippen LogP contribution in [0.3, 0.4) is 0 Å². The fourth-order valence-corrected chi connectivity index (χ4v) is 6.50. The van der Waals surface area contributed by atoms with Crippen LogP contribution in [0.15, 0.2) is 114 Å². The van der Waals surface area contributed by atoms with Crippen LogP contribution in [0.2, 0.25) is 0 Å². The van der Waals surface area contributed by atoms with Crippen LogP contribution in [0, 0.1) is 0 Å². The molecule has 0 bridgehead atoms. The SMILES string of the molecule is O=C(O)c1cccc(CN(Cc2cc(OCCc3ccc(N=C=S)cc3)cc(CN(Cc3cccc(C(=O)O)n3)Cc3cccc(C(=O)O)n3)n2)Cc2cccc(C(=O)O)n2)n1. The van der Waals surface area contributed by atoms with Gasteiger partial charge in [-0.2, -0.15) is 4.99 Å². The lowest BCUT2D eigenvalue weighted by atomic mass is 10.1. The number of nitrogens with zero attached hydrogens (tertiary/aromatic N) is 8. The van der Waals surface area contributed by atoms with E-state index in [4.69, 9.17) is 21.9 Å². The molecule has 0 unspecified atom stereocenters. The summed E-state index contributed by atoms with van der Waals surface area (Å²) in [6.07, 6.45) is 0.543. The van der Waals surface area contributed by atoms with E-state index in [1.807, 2.05) is 34.1 Å². The predicted octanol–water partition coefficient (Wildman–Crippen LogP) is 6.22. The molecule has 5 heterocycles. The Morgan fingerprint density at radius 2 is 0.871 bits per heavy atom. The predicted molar refractivity (Wildman–Crippen MR) is 225 cm³/mol. The Morgan fingerprint density at radius 3 is 1.21 bits per heavy atom. The van der Waals surface area contributed by atoms with E-state index < -0.39 is 23.9 Å². The summed E-state index contributed by atoms with van der Waals surface area (Å²) in [4.78, 5) is 77.2. The number of carboxylic acid groups (broad SMARTS) is 4. The number of hydrogen-bond donors (Lipinski definition) is 4. The molecule has 0 radical (unpaired) electrons. The first-order valence-electron chi connectivity index (χ1n) is 18.9. The van der Waals surface area contributed by atoms with Crippen LogP contribution >= 0.6 is 12.2 Å². The van der Waals surface area contributed by atoms with Crippen LogP contribution in [0.4, 0.5) is 5.69 Å². The molecule has 0 aliphatic carbocycles. The average molecular weight is 855 g/mol. The van der Waals surface area contributed by atoms with Gasteiger partial charge in [-0.3, -0.25) is 14.8 Å². The Labute approximate surface area is 359 Å². The van der Waals surface area contributed by atoms with Gasteiger partial charge in [-0.05, 0) is 78.4 Å². The number of isothiocyanates is 1. The second-order valence-electron chi connectivity index (χ2n) is 13.8. The van der Waals surface area contributed by atoms with Crippen LogP contribution < -0.4 is 4.74 Å². The zero-order valence-corrected chi connectivity index (χ0v) is 33.7. The first-order chi connectivity index (χ1) is 29.9. The molecule has 0 aliphatic heterocycles. The lowest BCUT2D eigenvalue weighted by molar-refractivity contribution is 0.0679. The summed E-state index contributed by atoms with van der Waals surface area (Å²) < 4.78 is 6.33. The number of rotatable bonds is 21. The van der Waals surface area contributed by atoms with Gasteiger partial charge in [0.15, 0.2) is 0 Å². The fraction of sp³-hybridized carbons (Fsp3) is 0.182. The summed E-state index contributed by atoms with van der Waals surface area (Å²) in [5, 5.41) is 40.9. The Hall–Kier alpha value is -7.63. The third-order valence-corrected chi connectivity index (χ3v) is 9.18. The van der Waals surface area contributed by atoms with E-state index in [1.54, 1.807) is 60.7 Å². The molecule has 0 saturated carbocycles. The minimum Gasteiger partial charge on any atom is -0.493 e. The van der Waals surface area contributed by atoms with Crippen molar-refractivity contribution in [1.29, 1.82) is 0 Å². The molecule has 0 amide bonds. The van der Waals surface area contributed by atoms with Crippen molar-refractivity contribution in [3.63, 3.8) is 0 Å². The summed E-state index contributed by atoms with van der Waals surface area (Å²) in [6, 6.07) is 29.7. The highest BCUT2D eigenvalue weighted by atomic mass is 32.1. The van der Waals surface area contributed by atoms with Crippen molar-refractivity contribution in [2.75, 3.05) is 6.61 Å². The molecule has 0 atom stereocenters. The molecule has 62 heavy (non-hydrogen) atoms. The zero-order chi connectivity index (χ0) is 44.0. The van der Waals surface area contributed by atoms with Gasteiger partial charge in [-0.1, -0.05) is 36.4 Å². The summed E-state index contributed by atoms with van der Waals surface area (Å²) in [6.45, 7) is 1.11. The number of carbonyl (C=O) groups is 4. The lowest BCUT2D eigenvalue weighted by Gasteiger charge is -2.24. The quantitative estimate of drug-likeness (QED) is 0.0464. The number of aromatic nitrogens is 5. The van der Waals surface area contributed by atoms with Gasteiger partial charge in [0.25, 0.3) is 0 Å². The molecule has 0 fully saturated rings. The molecule has 6 rings (SSSR count). The summed E-state index contributed by atoms with van der Waals surface area (Å²) in [7, 11) is 0. The topological polar surface area (TPSA) is 242 Å². The van der Waals surface area contributed by atoms with Crippen LogP contribution in [0.25, 0.3) is 0 Å². The molecule has 0 aliphatic rings. The van der Waals surface area contributed by atoms with Gasteiger partial charge < -0.3 is 25.2 Å². The molecule has 6 aromatic rings.